The highest BCUT2D eigenvalue weighted by molar-refractivity contribution is 5.75. The summed E-state index contributed by atoms with van der Waals surface area (Å²) in [5.41, 5.74) is -0.230. The van der Waals surface area contributed by atoms with Gasteiger partial charge in [-0.3, -0.25) is 9.36 Å². The molecule has 0 unspecified atom stereocenters. The molecule has 0 bridgehead atoms. The number of hydrogen-bond donors (Lipinski definition) is 0. The Morgan fingerprint density at radius 2 is 2.00 bits per heavy atom. The van der Waals surface area contributed by atoms with Crippen molar-refractivity contribution in [3.8, 4) is 5.69 Å². The molecular weight excluding hydrogens is 226 g/mol. The van der Waals surface area contributed by atoms with Crippen molar-refractivity contribution in [1.82, 2.24) is 9.55 Å². The Morgan fingerprint density at radius 1 is 1.35 bits per heavy atom. The minimum Gasteiger partial charge on any atom is -0.298 e. The molecule has 88 valence electrons. The topological polar surface area (TPSA) is 34.9 Å². The SMILES string of the molecule is CCc1nccn1-c1c(F)cc(C=O)cc1F. The van der Waals surface area contributed by atoms with Gasteiger partial charge in [0.1, 0.15) is 17.8 Å². The van der Waals surface area contributed by atoms with Gasteiger partial charge in [-0.05, 0) is 12.1 Å². The molecule has 0 aliphatic carbocycles. The van der Waals surface area contributed by atoms with Gasteiger partial charge in [-0.2, -0.15) is 0 Å². The minimum atomic E-state index is -0.778. The average molecular weight is 236 g/mol. The normalized spacial score (nSPS) is 10.5. The number of hydrogen-bond acceptors (Lipinski definition) is 2. The van der Waals surface area contributed by atoms with Crippen molar-refractivity contribution in [2.45, 2.75) is 13.3 Å². The minimum absolute atomic E-state index is 0.0260. The molecule has 0 N–H and O–H groups in total. The summed E-state index contributed by atoms with van der Waals surface area (Å²) < 4.78 is 28.8. The largest absolute Gasteiger partial charge is 0.298 e. The van der Waals surface area contributed by atoms with Crippen molar-refractivity contribution >= 4 is 6.29 Å². The van der Waals surface area contributed by atoms with Gasteiger partial charge in [-0.1, -0.05) is 6.92 Å². The fourth-order valence-corrected chi connectivity index (χ4v) is 1.68. The molecule has 1 aromatic carbocycles. The molecule has 0 spiro atoms. The lowest BCUT2D eigenvalue weighted by Crippen LogP contribution is -2.05. The molecule has 0 atom stereocenters. The molecule has 0 saturated carbocycles. The molecule has 0 aliphatic heterocycles. The summed E-state index contributed by atoms with van der Waals surface area (Å²) in [6, 6.07) is 2.01. The van der Waals surface area contributed by atoms with E-state index < -0.39 is 11.6 Å². The zero-order valence-corrected chi connectivity index (χ0v) is 9.15. The third kappa shape index (κ3) is 1.95. The van der Waals surface area contributed by atoms with Crippen molar-refractivity contribution in [3.05, 3.63) is 47.5 Å². The Hall–Kier alpha value is -2.04. The summed E-state index contributed by atoms with van der Waals surface area (Å²) in [4.78, 5) is 14.5. The summed E-state index contributed by atoms with van der Waals surface area (Å²) in [5, 5.41) is 0. The number of aromatic nitrogens is 2. The molecule has 1 heterocycles. The number of rotatable bonds is 3. The average Bonchev–Trinajstić information content (AvgIpc) is 2.76. The van der Waals surface area contributed by atoms with E-state index in [9.17, 15) is 13.6 Å². The van der Waals surface area contributed by atoms with E-state index in [1.54, 1.807) is 0 Å². The maximum Gasteiger partial charge on any atom is 0.150 e. The van der Waals surface area contributed by atoms with Crippen molar-refractivity contribution < 1.29 is 13.6 Å². The van der Waals surface area contributed by atoms with Crippen molar-refractivity contribution in [1.29, 1.82) is 0 Å². The van der Waals surface area contributed by atoms with Crippen LogP contribution < -0.4 is 0 Å². The van der Waals surface area contributed by atoms with E-state index in [2.05, 4.69) is 4.98 Å². The fourth-order valence-electron chi connectivity index (χ4n) is 1.68. The van der Waals surface area contributed by atoms with Crippen LogP contribution >= 0.6 is 0 Å². The maximum atomic E-state index is 13.7. The Bertz CT molecular complexity index is 540. The van der Waals surface area contributed by atoms with Crippen LogP contribution in [-0.4, -0.2) is 15.8 Å². The first kappa shape index (κ1) is 11.4. The first-order valence-electron chi connectivity index (χ1n) is 5.14. The Morgan fingerprint density at radius 3 is 2.53 bits per heavy atom. The molecular formula is C12H10F2N2O. The quantitative estimate of drug-likeness (QED) is 0.767. The molecule has 17 heavy (non-hydrogen) atoms. The van der Waals surface area contributed by atoms with Gasteiger partial charge in [-0.25, -0.2) is 13.8 Å². The van der Waals surface area contributed by atoms with Crippen molar-refractivity contribution in [2.75, 3.05) is 0 Å². The van der Waals surface area contributed by atoms with E-state index in [4.69, 9.17) is 0 Å². The molecule has 0 saturated heterocycles. The zero-order valence-electron chi connectivity index (χ0n) is 9.15. The van der Waals surface area contributed by atoms with Crippen LogP contribution in [0.2, 0.25) is 0 Å². The lowest BCUT2D eigenvalue weighted by Gasteiger charge is -2.09. The molecule has 0 amide bonds. The number of imidazole rings is 1. The molecule has 5 heteroatoms. The van der Waals surface area contributed by atoms with Gasteiger partial charge < -0.3 is 0 Å². The van der Waals surface area contributed by atoms with E-state index in [0.29, 0.717) is 18.5 Å². The van der Waals surface area contributed by atoms with Gasteiger partial charge in [0.15, 0.2) is 11.6 Å². The van der Waals surface area contributed by atoms with Gasteiger partial charge in [-0.15, -0.1) is 0 Å². The molecule has 0 radical (unpaired) electrons. The van der Waals surface area contributed by atoms with Gasteiger partial charge in [0, 0.05) is 24.4 Å². The van der Waals surface area contributed by atoms with Crippen LogP contribution in [0.25, 0.3) is 5.69 Å². The lowest BCUT2D eigenvalue weighted by molar-refractivity contribution is 0.112. The van der Waals surface area contributed by atoms with E-state index >= 15 is 0 Å². The van der Waals surface area contributed by atoms with Crippen LogP contribution in [0.5, 0.6) is 0 Å². The molecule has 2 aromatic rings. The molecule has 0 aliphatic rings. The van der Waals surface area contributed by atoms with E-state index in [1.165, 1.54) is 17.0 Å². The second-order valence-corrected chi connectivity index (χ2v) is 3.52. The van der Waals surface area contributed by atoms with Crippen LogP contribution in [0.4, 0.5) is 8.78 Å². The first-order chi connectivity index (χ1) is 8.17. The maximum absolute atomic E-state index is 13.7. The summed E-state index contributed by atoms with van der Waals surface area (Å²) in [6.45, 7) is 1.84. The summed E-state index contributed by atoms with van der Waals surface area (Å²) in [7, 11) is 0. The first-order valence-corrected chi connectivity index (χ1v) is 5.14. The van der Waals surface area contributed by atoms with Crippen LogP contribution in [-0.2, 0) is 6.42 Å². The van der Waals surface area contributed by atoms with Crippen LogP contribution in [0, 0.1) is 11.6 Å². The van der Waals surface area contributed by atoms with Gasteiger partial charge in [0.25, 0.3) is 0 Å². The van der Waals surface area contributed by atoms with Crippen LogP contribution in [0.3, 0.4) is 0 Å². The van der Waals surface area contributed by atoms with Gasteiger partial charge in [0.05, 0.1) is 0 Å². The van der Waals surface area contributed by atoms with Gasteiger partial charge >= 0.3 is 0 Å². The van der Waals surface area contributed by atoms with Crippen LogP contribution in [0.1, 0.15) is 23.1 Å². The second-order valence-electron chi connectivity index (χ2n) is 3.52. The van der Waals surface area contributed by atoms with E-state index in [1.807, 2.05) is 6.92 Å². The third-order valence-electron chi connectivity index (χ3n) is 2.45. The van der Waals surface area contributed by atoms with Crippen LogP contribution in [0.15, 0.2) is 24.5 Å². The third-order valence-corrected chi connectivity index (χ3v) is 2.45. The number of carbonyl (C=O) groups is 1. The van der Waals surface area contributed by atoms with Gasteiger partial charge in [0.2, 0.25) is 0 Å². The highest BCUT2D eigenvalue weighted by atomic mass is 19.1. The smallest absolute Gasteiger partial charge is 0.150 e. The summed E-state index contributed by atoms with van der Waals surface area (Å²) in [6.07, 6.45) is 3.93. The standard InChI is InChI=1S/C12H10F2N2O/c1-2-11-15-3-4-16(11)12-9(13)5-8(7-17)6-10(12)14/h3-7H,2H2,1H3. The van der Waals surface area contributed by atoms with Crippen molar-refractivity contribution in [3.63, 3.8) is 0 Å². The molecule has 1 aromatic heterocycles. The number of carbonyl (C=O) groups excluding carboxylic acids is 1. The number of halogens is 2. The number of aryl methyl sites for hydroxylation is 1. The summed E-state index contributed by atoms with van der Waals surface area (Å²) in [5.74, 6) is -0.999. The Balaban J connectivity index is 2.64. The van der Waals surface area contributed by atoms with E-state index in [-0.39, 0.29) is 11.3 Å². The monoisotopic (exact) mass is 236 g/mol. The highest BCUT2D eigenvalue weighted by Gasteiger charge is 2.15. The second kappa shape index (κ2) is 4.45. The predicted molar refractivity (Wildman–Crippen MR) is 58.2 cm³/mol. The molecule has 3 nitrogen and oxygen atoms in total. The Kier molecular flexibility index (Phi) is 2.99. The Labute approximate surface area is 96.7 Å². The fraction of sp³-hybridized carbons (Fsp3) is 0.167. The van der Waals surface area contributed by atoms with E-state index in [0.717, 1.165) is 12.1 Å². The number of aldehydes is 1. The zero-order chi connectivity index (χ0) is 12.4. The number of benzene rings is 1. The molecule has 0 fully saturated rings. The van der Waals surface area contributed by atoms with Crippen molar-refractivity contribution in [2.24, 2.45) is 0 Å². The lowest BCUT2D eigenvalue weighted by atomic mass is 10.2. The number of nitrogens with zero attached hydrogens (tertiary/aromatic N) is 2. The summed E-state index contributed by atoms with van der Waals surface area (Å²) >= 11 is 0. The molecule has 2 rings (SSSR count). The highest BCUT2D eigenvalue weighted by Crippen LogP contribution is 2.20. The predicted octanol–water partition coefficient (Wildman–Crippen LogP) is 2.53.